The van der Waals surface area contributed by atoms with E-state index < -0.39 is 0 Å². The van der Waals surface area contributed by atoms with Crippen molar-refractivity contribution in [3.05, 3.63) is 59.4 Å². The average molecular weight is 483 g/mol. The van der Waals surface area contributed by atoms with Crippen LogP contribution in [0.5, 0.6) is 11.5 Å². The van der Waals surface area contributed by atoms with E-state index in [9.17, 15) is 4.79 Å². The molecule has 9 nitrogen and oxygen atoms in total. The first-order valence-electron chi connectivity index (χ1n) is 11.0. The van der Waals surface area contributed by atoms with Gasteiger partial charge in [0.1, 0.15) is 24.6 Å². The van der Waals surface area contributed by atoms with Gasteiger partial charge in [-0.05, 0) is 42.4 Å². The van der Waals surface area contributed by atoms with E-state index in [0.29, 0.717) is 54.4 Å². The minimum Gasteiger partial charge on any atom is -0.493 e. The summed E-state index contributed by atoms with van der Waals surface area (Å²) < 4.78 is 11.3. The van der Waals surface area contributed by atoms with E-state index in [1.54, 1.807) is 7.11 Å². The molecule has 2 aromatic carbocycles. The van der Waals surface area contributed by atoms with Crippen LogP contribution in [0.15, 0.2) is 48.8 Å². The van der Waals surface area contributed by atoms with Crippen LogP contribution in [-0.4, -0.2) is 54.1 Å². The van der Waals surface area contributed by atoms with Gasteiger partial charge in [-0.3, -0.25) is 9.69 Å². The number of carbonyl (C=O) groups excluding carboxylic acids is 1. The molecule has 1 aliphatic heterocycles. The van der Waals surface area contributed by atoms with Gasteiger partial charge in [0.2, 0.25) is 5.91 Å². The number of amides is 1. The van der Waals surface area contributed by atoms with Crippen LogP contribution in [0.3, 0.4) is 0 Å². The molecule has 0 saturated heterocycles. The van der Waals surface area contributed by atoms with Gasteiger partial charge in [-0.1, -0.05) is 18.5 Å². The van der Waals surface area contributed by atoms with Crippen molar-refractivity contribution in [3.63, 3.8) is 0 Å². The van der Waals surface area contributed by atoms with E-state index in [1.807, 2.05) is 54.3 Å². The molecular weight excluding hydrogens is 456 g/mol. The Morgan fingerprint density at radius 1 is 1.06 bits per heavy atom. The Kier molecular flexibility index (Phi) is 7.66. The standard InChI is InChI=1S/C24H27ClN6O3/c1-3-31-13-16-10-17(4-6-19(16)25)29-22-12-23(28-15-27-22)30-18-5-7-20(33-2)21(11-18)34-9-8-26-24(32)14-31/h4-7,10-12,15H,3,8-9,13-14H2,1-2H3,(H,26,32)(H2,27,28,29,30). The summed E-state index contributed by atoms with van der Waals surface area (Å²) in [5.41, 5.74) is 2.52. The Morgan fingerprint density at radius 2 is 1.79 bits per heavy atom. The second-order valence-corrected chi connectivity index (χ2v) is 8.12. The minimum absolute atomic E-state index is 0.0811. The van der Waals surface area contributed by atoms with E-state index in [2.05, 4.69) is 25.9 Å². The molecule has 6 bridgehead atoms. The second-order valence-electron chi connectivity index (χ2n) is 7.71. The fourth-order valence-electron chi connectivity index (χ4n) is 3.56. The summed E-state index contributed by atoms with van der Waals surface area (Å²) in [7, 11) is 1.58. The molecule has 178 valence electrons. The lowest BCUT2D eigenvalue weighted by Crippen LogP contribution is -2.38. The van der Waals surface area contributed by atoms with Crippen LogP contribution in [0, 0.1) is 0 Å². The molecule has 0 unspecified atom stereocenters. The summed E-state index contributed by atoms with van der Waals surface area (Å²) in [6.45, 7) is 4.16. The minimum atomic E-state index is -0.0811. The van der Waals surface area contributed by atoms with Crippen molar-refractivity contribution in [2.24, 2.45) is 0 Å². The van der Waals surface area contributed by atoms with Gasteiger partial charge in [-0.2, -0.15) is 0 Å². The molecule has 0 atom stereocenters. The summed E-state index contributed by atoms with van der Waals surface area (Å²) in [5, 5.41) is 10.1. The number of fused-ring (bicyclic) bond motifs is 6. The van der Waals surface area contributed by atoms with E-state index in [4.69, 9.17) is 21.1 Å². The molecule has 0 radical (unpaired) electrons. The fourth-order valence-corrected chi connectivity index (χ4v) is 3.74. The van der Waals surface area contributed by atoms with E-state index in [-0.39, 0.29) is 12.5 Å². The fraction of sp³-hybridized carbons (Fsp3) is 0.292. The van der Waals surface area contributed by atoms with E-state index >= 15 is 0 Å². The number of hydrogen-bond acceptors (Lipinski definition) is 8. The molecule has 10 heteroatoms. The predicted molar refractivity (Wildman–Crippen MR) is 132 cm³/mol. The highest BCUT2D eigenvalue weighted by molar-refractivity contribution is 6.31. The number of ether oxygens (including phenoxy) is 2. The largest absolute Gasteiger partial charge is 0.493 e. The van der Waals surface area contributed by atoms with Crippen LogP contribution in [-0.2, 0) is 11.3 Å². The molecule has 4 rings (SSSR count). The van der Waals surface area contributed by atoms with E-state index in [1.165, 1.54) is 6.33 Å². The maximum absolute atomic E-state index is 12.5. The van der Waals surface area contributed by atoms with Gasteiger partial charge in [-0.25, -0.2) is 9.97 Å². The molecule has 0 spiro atoms. The summed E-state index contributed by atoms with van der Waals surface area (Å²) in [5.74, 6) is 2.32. The van der Waals surface area contributed by atoms with Crippen molar-refractivity contribution in [1.82, 2.24) is 20.2 Å². The van der Waals surface area contributed by atoms with Crippen LogP contribution in [0.1, 0.15) is 12.5 Å². The third kappa shape index (κ3) is 6.06. The number of benzene rings is 2. The summed E-state index contributed by atoms with van der Waals surface area (Å²) >= 11 is 6.45. The zero-order valence-electron chi connectivity index (χ0n) is 19.1. The Hall–Kier alpha value is -3.56. The normalized spacial score (nSPS) is 14.9. The Bertz CT molecular complexity index is 1160. The molecular formula is C24H27ClN6O3. The molecule has 0 fully saturated rings. The molecule has 1 aromatic heterocycles. The van der Waals surface area contributed by atoms with Crippen LogP contribution in [0.4, 0.5) is 23.0 Å². The summed E-state index contributed by atoms with van der Waals surface area (Å²) in [6.07, 6.45) is 1.49. The highest BCUT2D eigenvalue weighted by Gasteiger charge is 2.13. The van der Waals surface area contributed by atoms with Gasteiger partial charge >= 0.3 is 0 Å². The highest BCUT2D eigenvalue weighted by Crippen LogP contribution is 2.31. The van der Waals surface area contributed by atoms with Crippen molar-refractivity contribution in [3.8, 4) is 11.5 Å². The number of nitrogens with zero attached hydrogens (tertiary/aromatic N) is 3. The second kappa shape index (κ2) is 11.0. The number of hydrogen-bond donors (Lipinski definition) is 3. The van der Waals surface area contributed by atoms with E-state index in [0.717, 1.165) is 16.9 Å². The lowest BCUT2D eigenvalue weighted by atomic mass is 10.1. The van der Waals surface area contributed by atoms with Crippen LogP contribution in [0.2, 0.25) is 5.02 Å². The van der Waals surface area contributed by atoms with Crippen molar-refractivity contribution >= 4 is 40.5 Å². The average Bonchev–Trinajstić information content (AvgIpc) is 2.83. The zero-order chi connectivity index (χ0) is 23.9. The molecule has 3 aromatic rings. The van der Waals surface area contributed by atoms with Gasteiger partial charge in [0.05, 0.1) is 20.2 Å². The number of methoxy groups -OCH3 is 1. The third-order valence-electron chi connectivity index (χ3n) is 5.31. The molecule has 1 amide bonds. The number of rotatable bonds is 2. The first-order chi connectivity index (χ1) is 16.5. The van der Waals surface area contributed by atoms with Crippen molar-refractivity contribution in [2.75, 3.05) is 44.0 Å². The highest BCUT2D eigenvalue weighted by atomic mass is 35.5. The Labute approximate surface area is 203 Å². The number of anilines is 4. The maximum atomic E-state index is 12.5. The Balaban J connectivity index is 1.66. The summed E-state index contributed by atoms with van der Waals surface area (Å²) in [4.78, 5) is 23.2. The number of halogens is 1. The quantitative estimate of drug-likeness (QED) is 0.504. The zero-order valence-corrected chi connectivity index (χ0v) is 19.9. The Morgan fingerprint density at radius 3 is 2.53 bits per heavy atom. The van der Waals surface area contributed by atoms with Gasteiger partial charge in [-0.15, -0.1) is 0 Å². The molecule has 2 heterocycles. The van der Waals surface area contributed by atoms with Crippen molar-refractivity contribution in [2.45, 2.75) is 13.5 Å². The smallest absolute Gasteiger partial charge is 0.234 e. The molecule has 3 N–H and O–H groups in total. The topological polar surface area (TPSA) is 101 Å². The maximum Gasteiger partial charge on any atom is 0.234 e. The number of aromatic nitrogens is 2. The van der Waals surface area contributed by atoms with Gasteiger partial charge in [0.25, 0.3) is 0 Å². The number of carbonyl (C=O) groups is 1. The molecule has 0 aliphatic carbocycles. The summed E-state index contributed by atoms with van der Waals surface area (Å²) in [6, 6.07) is 13.0. The van der Waals surface area contributed by atoms with Crippen LogP contribution >= 0.6 is 11.6 Å². The monoisotopic (exact) mass is 482 g/mol. The lowest BCUT2D eigenvalue weighted by molar-refractivity contribution is -0.122. The number of nitrogens with one attached hydrogen (secondary N) is 3. The lowest BCUT2D eigenvalue weighted by Gasteiger charge is -2.21. The predicted octanol–water partition coefficient (Wildman–Crippen LogP) is 3.96. The molecule has 0 saturated carbocycles. The van der Waals surface area contributed by atoms with Gasteiger partial charge in [0, 0.05) is 35.1 Å². The van der Waals surface area contributed by atoms with Crippen LogP contribution < -0.4 is 25.4 Å². The van der Waals surface area contributed by atoms with Crippen molar-refractivity contribution in [1.29, 1.82) is 0 Å². The third-order valence-corrected chi connectivity index (χ3v) is 5.68. The van der Waals surface area contributed by atoms with Gasteiger partial charge < -0.3 is 25.4 Å². The molecule has 1 aliphatic rings. The van der Waals surface area contributed by atoms with Gasteiger partial charge in [0.15, 0.2) is 11.5 Å². The number of likely N-dealkylation sites (N-methyl/N-ethyl adjacent to an activating group) is 1. The molecule has 34 heavy (non-hydrogen) atoms. The first kappa shape index (κ1) is 23.6. The SMILES string of the molecule is CCN1CC(=O)NCCOc2cc(ccc2OC)Nc2cc(ncn2)Nc2ccc(Cl)c(c2)C1. The van der Waals surface area contributed by atoms with Crippen LogP contribution in [0.25, 0.3) is 0 Å². The first-order valence-corrected chi connectivity index (χ1v) is 11.4. The van der Waals surface area contributed by atoms with Crippen molar-refractivity contribution < 1.29 is 14.3 Å².